The van der Waals surface area contributed by atoms with Crippen LogP contribution < -0.4 is 15.9 Å². The van der Waals surface area contributed by atoms with E-state index in [1.54, 1.807) is 18.7 Å². The van der Waals surface area contributed by atoms with Crippen LogP contribution in [0.3, 0.4) is 0 Å². The molecule has 0 atom stereocenters. The molecule has 1 N–H and O–H groups in total. The minimum Gasteiger partial charge on any atom is -0.351 e. The zero-order valence-electron chi connectivity index (χ0n) is 13.7. The Kier molecular flexibility index (Phi) is 8.11. The Morgan fingerprint density at radius 1 is 0.600 bits per heavy atom. The lowest BCUT2D eigenvalue weighted by atomic mass is 10.4. The highest BCUT2D eigenvalue weighted by Gasteiger charge is 2.14. The van der Waals surface area contributed by atoms with E-state index in [4.69, 9.17) is 0 Å². The van der Waals surface area contributed by atoms with Gasteiger partial charge in [-0.15, -0.1) is 17.0 Å². The summed E-state index contributed by atoms with van der Waals surface area (Å²) in [6, 6.07) is 32.3. The zero-order chi connectivity index (χ0) is 16.5. The van der Waals surface area contributed by atoms with Crippen LogP contribution in [0.15, 0.2) is 110 Å². The van der Waals surface area contributed by atoms with Gasteiger partial charge in [-0.1, -0.05) is 91.0 Å². The van der Waals surface area contributed by atoms with Crippen molar-refractivity contribution in [2.45, 2.75) is 0 Å². The fourth-order valence-corrected chi connectivity index (χ4v) is 4.70. The fourth-order valence-electron chi connectivity index (χ4n) is 2.39. The molecule has 0 aliphatic carbocycles. The van der Waals surface area contributed by atoms with Crippen molar-refractivity contribution in [1.29, 1.82) is 0 Å². The Labute approximate surface area is 160 Å². The molecular formula is C21H20BrN2P. The van der Waals surface area contributed by atoms with Gasteiger partial charge in [0.2, 0.25) is 0 Å². The third-order valence-corrected chi connectivity index (χ3v) is 5.89. The molecule has 0 spiro atoms. The standard InChI is InChI=1S/C18H15P.C3H4N2.BrH/c1-4-10-16(11-5-1)19(17-12-6-2-7-13-17)18-14-8-3-9-15-18;1-2-5-3-4-1;/h1-15H;1-3H,(H,4,5);1H. The summed E-state index contributed by atoms with van der Waals surface area (Å²) in [6.45, 7) is 0. The molecule has 126 valence electrons. The molecule has 4 rings (SSSR count). The van der Waals surface area contributed by atoms with Gasteiger partial charge in [-0.25, -0.2) is 4.98 Å². The normalized spacial score (nSPS) is 9.64. The zero-order valence-corrected chi connectivity index (χ0v) is 16.3. The van der Waals surface area contributed by atoms with Crippen LogP contribution in [0.4, 0.5) is 0 Å². The van der Waals surface area contributed by atoms with Gasteiger partial charge in [-0.3, -0.25) is 0 Å². The van der Waals surface area contributed by atoms with Crippen molar-refractivity contribution in [3.8, 4) is 0 Å². The predicted molar refractivity (Wildman–Crippen MR) is 114 cm³/mol. The Hall–Kier alpha value is -2.22. The fraction of sp³-hybridized carbons (Fsp3) is 0. The number of nitrogens with zero attached hydrogens (tertiary/aromatic N) is 1. The molecule has 0 saturated carbocycles. The number of benzene rings is 3. The molecule has 1 aromatic heterocycles. The predicted octanol–water partition coefficient (Wildman–Crippen LogP) is 4.43. The molecule has 0 radical (unpaired) electrons. The third-order valence-electron chi connectivity index (χ3n) is 3.45. The maximum absolute atomic E-state index is 3.67. The Morgan fingerprint density at radius 2 is 1.00 bits per heavy atom. The molecule has 25 heavy (non-hydrogen) atoms. The second kappa shape index (κ2) is 10.6. The van der Waals surface area contributed by atoms with Gasteiger partial charge in [0.1, 0.15) is 0 Å². The first-order valence-corrected chi connectivity index (χ1v) is 9.17. The molecule has 0 unspecified atom stereocenters. The second-order valence-corrected chi connectivity index (χ2v) is 7.32. The molecule has 0 fully saturated rings. The molecule has 4 heteroatoms. The van der Waals surface area contributed by atoms with Crippen LogP contribution in [-0.2, 0) is 0 Å². The van der Waals surface area contributed by atoms with Crippen molar-refractivity contribution in [2.24, 2.45) is 0 Å². The van der Waals surface area contributed by atoms with Crippen LogP contribution in [0, 0.1) is 0 Å². The highest BCUT2D eigenvalue weighted by atomic mass is 79.9. The number of imidazole rings is 1. The van der Waals surface area contributed by atoms with E-state index in [1.807, 2.05) is 0 Å². The Morgan fingerprint density at radius 3 is 1.24 bits per heavy atom. The average Bonchev–Trinajstić information content (AvgIpc) is 3.25. The summed E-state index contributed by atoms with van der Waals surface area (Å²) in [7, 11) is -0.446. The van der Waals surface area contributed by atoms with Crippen molar-refractivity contribution >= 4 is 40.8 Å². The summed E-state index contributed by atoms with van der Waals surface area (Å²) >= 11 is 0. The van der Waals surface area contributed by atoms with Gasteiger partial charge in [0.25, 0.3) is 0 Å². The highest BCUT2D eigenvalue weighted by molar-refractivity contribution is 8.93. The molecule has 2 nitrogen and oxygen atoms in total. The van der Waals surface area contributed by atoms with Gasteiger partial charge < -0.3 is 4.98 Å². The minimum absolute atomic E-state index is 0. The molecule has 0 bridgehead atoms. The molecule has 1 heterocycles. The molecule has 0 saturated heterocycles. The molecule has 0 aliphatic heterocycles. The number of halogens is 1. The average molecular weight is 411 g/mol. The number of nitrogens with one attached hydrogen (secondary N) is 1. The lowest BCUT2D eigenvalue weighted by Gasteiger charge is -2.18. The first-order valence-electron chi connectivity index (χ1n) is 7.83. The molecule has 0 aliphatic rings. The third kappa shape index (κ3) is 5.67. The molecular weight excluding hydrogens is 391 g/mol. The SMILES string of the molecule is Br.c1c[nH]cn1.c1ccc(P(c2ccccc2)c2ccccc2)cc1. The maximum Gasteiger partial charge on any atom is 0.0919 e. The lowest BCUT2D eigenvalue weighted by molar-refractivity contribution is 1.31. The van der Waals surface area contributed by atoms with Crippen LogP contribution in [-0.4, -0.2) is 9.97 Å². The monoisotopic (exact) mass is 410 g/mol. The van der Waals surface area contributed by atoms with Crippen molar-refractivity contribution in [3.63, 3.8) is 0 Å². The van der Waals surface area contributed by atoms with Crippen molar-refractivity contribution in [1.82, 2.24) is 9.97 Å². The summed E-state index contributed by atoms with van der Waals surface area (Å²) in [4.78, 5) is 6.42. The van der Waals surface area contributed by atoms with E-state index in [-0.39, 0.29) is 17.0 Å². The number of hydrogen-bond acceptors (Lipinski definition) is 1. The van der Waals surface area contributed by atoms with E-state index >= 15 is 0 Å². The van der Waals surface area contributed by atoms with Crippen LogP contribution in [0.25, 0.3) is 0 Å². The number of H-pyrrole nitrogens is 1. The number of aromatic amines is 1. The van der Waals surface area contributed by atoms with Gasteiger partial charge in [0.05, 0.1) is 6.33 Å². The first kappa shape index (κ1) is 19.1. The van der Waals surface area contributed by atoms with E-state index in [2.05, 4.69) is 101 Å². The molecule has 4 aromatic rings. The van der Waals surface area contributed by atoms with Crippen molar-refractivity contribution < 1.29 is 0 Å². The van der Waals surface area contributed by atoms with Crippen LogP contribution >= 0.6 is 24.9 Å². The Bertz CT molecular complexity index is 695. The first-order chi connectivity index (χ1) is 11.9. The Balaban J connectivity index is 0.000000325. The topological polar surface area (TPSA) is 28.7 Å². The lowest BCUT2D eigenvalue weighted by Crippen LogP contribution is -2.20. The highest BCUT2D eigenvalue weighted by Crippen LogP contribution is 2.32. The van der Waals surface area contributed by atoms with Crippen molar-refractivity contribution in [3.05, 3.63) is 110 Å². The number of hydrogen-bond donors (Lipinski definition) is 1. The second-order valence-electron chi connectivity index (χ2n) is 5.10. The minimum atomic E-state index is -0.446. The van der Waals surface area contributed by atoms with Gasteiger partial charge in [0, 0.05) is 12.4 Å². The summed E-state index contributed by atoms with van der Waals surface area (Å²) in [5.41, 5.74) is 0. The van der Waals surface area contributed by atoms with E-state index < -0.39 is 7.92 Å². The smallest absolute Gasteiger partial charge is 0.0919 e. The maximum atomic E-state index is 3.67. The summed E-state index contributed by atoms with van der Waals surface area (Å²) in [5.74, 6) is 0. The van der Waals surface area contributed by atoms with E-state index in [0.29, 0.717) is 0 Å². The summed E-state index contributed by atoms with van der Waals surface area (Å²) in [5, 5.41) is 4.19. The van der Waals surface area contributed by atoms with Crippen LogP contribution in [0.5, 0.6) is 0 Å². The summed E-state index contributed by atoms with van der Waals surface area (Å²) in [6.07, 6.45) is 5.08. The van der Waals surface area contributed by atoms with Gasteiger partial charge >= 0.3 is 0 Å². The van der Waals surface area contributed by atoms with Gasteiger partial charge in [0.15, 0.2) is 0 Å². The number of rotatable bonds is 3. The molecule has 0 amide bonds. The van der Waals surface area contributed by atoms with E-state index in [9.17, 15) is 0 Å². The van der Waals surface area contributed by atoms with Crippen LogP contribution in [0.2, 0.25) is 0 Å². The number of aromatic nitrogens is 2. The van der Waals surface area contributed by atoms with E-state index in [0.717, 1.165) is 0 Å². The van der Waals surface area contributed by atoms with Gasteiger partial charge in [-0.05, 0) is 23.8 Å². The van der Waals surface area contributed by atoms with E-state index in [1.165, 1.54) is 15.9 Å². The van der Waals surface area contributed by atoms with Crippen molar-refractivity contribution in [2.75, 3.05) is 0 Å². The van der Waals surface area contributed by atoms with Crippen LogP contribution in [0.1, 0.15) is 0 Å². The largest absolute Gasteiger partial charge is 0.351 e. The summed E-state index contributed by atoms with van der Waals surface area (Å²) < 4.78 is 0. The quantitative estimate of drug-likeness (QED) is 0.497. The van der Waals surface area contributed by atoms with Gasteiger partial charge in [-0.2, -0.15) is 0 Å². The molecule has 3 aromatic carbocycles.